The number of hydrogen-bond donors (Lipinski definition) is 0. The van der Waals surface area contributed by atoms with E-state index in [1.807, 2.05) is 0 Å². The highest BCUT2D eigenvalue weighted by Crippen LogP contribution is 2.34. The van der Waals surface area contributed by atoms with E-state index in [1.54, 1.807) is 11.8 Å². The Kier molecular flexibility index (Phi) is 6.73. The summed E-state index contributed by atoms with van der Waals surface area (Å²) in [5.41, 5.74) is 6.38. The van der Waals surface area contributed by atoms with Crippen molar-refractivity contribution in [2.24, 2.45) is 0 Å². The van der Waals surface area contributed by atoms with E-state index < -0.39 is 0 Å². The summed E-state index contributed by atoms with van der Waals surface area (Å²) >= 11 is 1.79. The Balaban J connectivity index is 2.32. The zero-order valence-electron chi connectivity index (χ0n) is 15.9. The summed E-state index contributed by atoms with van der Waals surface area (Å²) in [6.45, 7) is 15.3. The van der Waals surface area contributed by atoms with Gasteiger partial charge in [0.1, 0.15) is 5.03 Å². The van der Waals surface area contributed by atoms with Crippen LogP contribution in [-0.4, -0.2) is 18.1 Å². The van der Waals surface area contributed by atoms with Crippen molar-refractivity contribution in [3.63, 3.8) is 0 Å². The Labute approximate surface area is 151 Å². The minimum Gasteiger partial charge on any atom is -0.372 e. The standard InChI is InChI=1S/C21H30N2S/c1-7-9-10-23(8-2)19-13-18(6)22-20(14-19)24-21-16(4)11-15(3)12-17(21)5/h11-14H,7-10H2,1-6H3. The van der Waals surface area contributed by atoms with Crippen LogP contribution < -0.4 is 4.90 Å². The molecule has 130 valence electrons. The van der Waals surface area contributed by atoms with E-state index in [9.17, 15) is 0 Å². The second-order valence-corrected chi connectivity index (χ2v) is 7.60. The zero-order valence-corrected chi connectivity index (χ0v) is 16.8. The van der Waals surface area contributed by atoms with Gasteiger partial charge in [-0.15, -0.1) is 0 Å². The third-order valence-electron chi connectivity index (χ3n) is 4.25. The van der Waals surface area contributed by atoms with Gasteiger partial charge in [-0.3, -0.25) is 0 Å². The third-order valence-corrected chi connectivity index (χ3v) is 5.52. The van der Waals surface area contributed by atoms with Crippen molar-refractivity contribution in [2.75, 3.05) is 18.0 Å². The molecule has 0 fully saturated rings. The Morgan fingerprint density at radius 2 is 1.62 bits per heavy atom. The highest BCUT2D eigenvalue weighted by atomic mass is 32.2. The summed E-state index contributed by atoms with van der Waals surface area (Å²) < 4.78 is 0. The van der Waals surface area contributed by atoms with Gasteiger partial charge in [-0.1, -0.05) is 42.8 Å². The van der Waals surface area contributed by atoms with Gasteiger partial charge in [-0.2, -0.15) is 0 Å². The van der Waals surface area contributed by atoms with Gasteiger partial charge in [0.25, 0.3) is 0 Å². The molecule has 0 saturated carbocycles. The van der Waals surface area contributed by atoms with Gasteiger partial charge in [-0.05, 0) is 64.3 Å². The van der Waals surface area contributed by atoms with E-state index in [0.717, 1.165) is 23.8 Å². The van der Waals surface area contributed by atoms with E-state index in [-0.39, 0.29) is 0 Å². The molecule has 0 saturated heterocycles. The summed E-state index contributed by atoms with van der Waals surface area (Å²) in [4.78, 5) is 8.56. The van der Waals surface area contributed by atoms with Crippen molar-refractivity contribution in [1.29, 1.82) is 0 Å². The summed E-state index contributed by atoms with van der Waals surface area (Å²) in [6.07, 6.45) is 2.46. The maximum absolute atomic E-state index is 4.77. The van der Waals surface area contributed by atoms with Crippen LogP contribution in [0.5, 0.6) is 0 Å². The molecule has 24 heavy (non-hydrogen) atoms. The number of aryl methyl sites for hydroxylation is 4. The number of anilines is 1. The molecular formula is C21H30N2S. The van der Waals surface area contributed by atoms with Crippen LogP contribution in [-0.2, 0) is 0 Å². The molecule has 0 radical (unpaired) electrons. The third kappa shape index (κ3) is 4.76. The molecule has 0 aliphatic heterocycles. The van der Waals surface area contributed by atoms with Crippen LogP contribution >= 0.6 is 11.8 Å². The molecule has 3 heteroatoms. The number of rotatable bonds is 7. The molecule has 2 aromatic rings. The number of benzene rings is 1. The molecular weight excluding hydrogens is 312 g/mol. The Hall–Kier alpha value is -1.48. The van der Waals surface area contributed by atoms with Crippen molar-refractivity contribution in [2.45, 2.75) is 64.3 Å². The Morgan fingerprint density at radius 1 is 0.958 bits per heavy atom. The molecule has 0 N–H and O–H groups in total. The van der Waals surface area contributed by atoms with Gasteiger partial charge in [-0.25, -0.2) is 4.98 Å². The maximum Gasteiger partial charge on any atom is 0.103 e. The smallest absolute Gasteiger partial charge is 0.103 e. The molecule has 0 amide bonds. The second-order valence-electron chi connectivity index (χ2n) is 6.57. The van der Waals surface area contributed by atoms with Crippen LogP contribution in [0.1, 0.15) is 49.1 Å². The van der Waals surface area contributed by atoms with Gasteiger partial charge < -0.3 is 4.90 Å². The van der Waals surface area contributed by atoms with Crippen LogP contribution in [0.2, 0.25) is 0 Å². The molecule has 0 bridgehead atoms. The average Bonchev–Trinajstić information content (AvgIpc) is 2.51. The predicted molar refractivity (Wildman–Crippen MR) is 107 cm³/mol. The number of aromatic nitrogens is 1. The molecule has 0 unspecified atom stereocenters. The quantitative estimate of drug-likeness (QED) is 0.605. The summed E-state index contributed by atoms with van der Waals surface area (Å²) in [5, 5.41) is 1.09. The lowest BCUT2D eigenvalue weighted by Crippen LogP contribution is -2.24. The molecule has 0 spiro atoms. The molecule has 2 nitrogen and oxygen atoms in total. The summed E-state index contributed by atoms with van der Waals surface area (Å²) in [6, 6.07) is 8.96. The van der Waals surface area contributed by atoms with Crippen LogP contribution in [0.4, 0.5) is 5.69 Å². The van der Waals surface area contributed by atoms with Crippen molar-refractivity contribution >= 4 is 17.4 Å². The van der Waals surface area contributed by atoms with Crippen LogP contribution in [0, 0.1) is 27.7 Å². The first kappa shape index (κ1) is 18.9. The van der Waals surface area contributed by atoms with Crippen molar-refractivity contribution in [1.82, 2.24) is 4.98 Å². The van der Waals surface area contributed by atoms with Gasteiger partial charge in [0, 0.05) is 29.4 Å². The van der Waals surface area contributed by atoms with Gasteiger partial charge >= 0.3 is 0 Å². The van der Waals surface area contributed by atoms with Gasteiger partial charge in [0.15, 0.2) is 0 Å². The predicted octanol–water partition coefficient (Wildman–Crippen LogP) is 6.09. The highest BCUT2D eigenvalue weighted by Gasteiger charge is 2.11. The van der Waals surface area contributed by atoms with Crippen molar-refractivity contribution in [3.8, 4) is 0 Å². The maximum atomic E-state index is 4.77. The lowest BCUT2D eigenvalue weighted by Gasteiger charge is -2.24. The summed E-state index contributed by atoms with van der Waals surface area (Å²) in [5.74, 6) is 0. The fraction of sp³-hybridized carbons (Fsp3) is 0.476. The lowest BCUT2D eigenvalue weighted by atomic mass is 10.1. The fourth-order valence-electron chi connectivity index (χ4n) is 3.11. The fourth-order valence-corrected chi connectivity index (χ4v) is 4.12. The van der Waals surface area contributed by atoms with E-state index in [0.29, 0.717) is 0 Å². The molecule has 0 aliphatic carbocycles. The SMILES string of the molecule is CCCCN(CC)c1cc(C)nc(Sc2c(C)cc(C)cc2C)c1. The van der Waals surface area contributed by atoms with Crippen molar-refractivity contribution < 1.29 is 0 Å². The normalized spacial score (nSPS) is 10.9. The second kappa shape index (κ2) is 8.57. The van der Waals surface area contributed by atoms with Crippen LogP contribution in [0.25, 0.3) is 0 Å². The molecule has 0 aliphatic rings. The largest absolute Gasteiger partial charge is 0.372 e. The molecule has 0 atom stereocenters. The van der Waals surface area contributed by atoms with E-state index in [1.165, 1.54) is 40.1 Å². The van der Waals surface area contributed by atoms with Crippen LogP contribution in [0.15, 0.2) is 34.2 Å². The monoisotopic (exact) mass is 342 g/mol. The average molecular weight is 343 g/mol. The number of pyridine rings is 1. The molecule has 1 heterocycles. The lowest BCUT2D eigenvalue weighted by molar-refractivity contribution is 0.730. The number of hydrogen-bond acceptors (Lipinski definition) is 3. The minimum absolute atomic E-state index is 1.04. The first-order valence-corrected chi connectivity index (χ1v) is 9.75. The topological polar surface area (TPSA) is 16.1 Å². The minimum atomic E-state index is 1.04. The van der Waals surface area contributed by atoms with E-state index >= 15 is 0 Å². The van der Waals surface area contributed by atoms with Gasteiger partial charge in [0.05, 0.1) is 0 Å². The van der Waals surface area contributed by atoms with Crippen molar-refractivity contribution in [3.05, 3.63) is 46.6 Å². The first-order chi connectivity index (χ1) is 11.4. The summed E-state index contributed by atoms with van der Waals surface area (Å²) in [7, 11) is 0. The van der Waals surface area contributed by atoms with E-state index in [4.69, 9.17) is 4.98 Å². The van der Waals surface area contributed by atoms with Gasteiger partial charge in [0.2, 0.25) is 0 Å². The first-order valence-electron chi connectivity index (χ1n) is 8.94. The Bertz CT molecular complexity index is 671. The molecule has 2 rings (SSSR count). The van der Waals surface area contributed by atoms with E-state index in [2.05, 4.69) is 70.7 Å². The molecule has 1 aromatic heterocycles. The number of unbranched alkanes of at least 4 members (excludes halogenated alkanes) is 1. The highest BCUT2D eigenvalue weighted by molar-refractivity contribution is 7.99. The van der Waals surface area contributed by atoms with Crippen LogP contribution in [0.3, 0.4) is 0 Å². The Morgan fingerprint density at radius 3 is 2.21 bits per heavy atom. The number of nitrogens with zero attached hydrogens (tertiary/aromatic N) is 2. The molecule has 1 aromatic carbocycles. The zero-order chi connectivity index (χ0) is 17.7.